The van der Waals surface area contributed by atoms with Gasteiger partial charge in [-0.25, -0.2) is 4.98 Å². The van der Waals surface area contributed by atoms with Crippen LogP contribution in [0.25, 0.3) is 11.0 Å². The predicted molar refractivity (Wildman–Crippen MR) is 92.9 cm³/mol. The molecule has 1 unspecified atom stereocenters. The molecule has 0 saturated heterocycles. The predicted octanol–water partition coefficient (Wildman–Crippen LogP) is 0.0932. The van der Waals surface area contributed by atoms with Crippen LogP contribution < -0.4 is 5.32 Å². The molecule has 1 N–H and O–H groups in total. The van der Waals surface area contributed by atoms with Crippen molar-refractivity contribution in [2.45, 2.75) is 32.6 Å². The van der Waals surface area contributed by atoms with Crippen LogP contribution in [0.15, 0.2) is 30.6 Å². The van der Waals surface area contributed by atoms with Gasteiger partial charge in [0.1, 0.15) is 18.4 Å². The number of aromatic nitrogens is 5. The van der Waals surface area contributed by atoms with Crippen molar-refractivity contribution >= 4 is 22.8 Å². The molecule has 0 radical (unpaired) electrons. The van der Waals surface area contributed by atoms with Gasteiger partial charge in [0.15, 0.2) is 5.82 Å². The van der Waals surface area contributed by atoms with E-state index in [1.54, 1.807) is 22.8 Å². The third-order valence-corrected chi connectivity index (χ3v) is 4.76. The number of amides is 2. The van der Waals surface area contributed by atoms with Gasteiger partial charge in [0.2, 0.25) is 11.8 Å². The minimum absolute atomic E-state index is 0.112. The summed E-state index contributed by atoms with van der Waals surface area (Å²) in [5.74, 6) is 1.06. The molecule has 1 aliphatic heterocycles. The second-order valence-electron chi connectivity index (χ2n) is 6.29. The minimum Gasteiger partial charge on any atom is -0.357 e. The molecule has 1 aromatic carbocycles. The van der Waals surface area contributed by atoms with E-state index in [2.05, 4.69) is 20.5 Å². The highest BCUT2D eigenvalue weighted by molar-refractivity contribution is 5.88. The second-order valence-corrected chi connectivity index (χ2v) is 6.29. The highest BCUT2D eigenvalue weighted by atomic mass is 16.2. The maximum Gasteiger partial charge on any atom is 0.244 e. The Morgan fingerprint density at radius 1 is 1.27 bits per heavy atom. The zero-order chi connectivity index (χ0) is 18.3. The molecule has 1 atom stereocenters. The number of benzene rings is 1. The Morgan fingerprint density at radius 3 is 2.88 bits per heavy atom. The summed E-state index contributed by atoms with van der Waals surface area (Å²) < 4.78 is 3.68. The fraction of sp³-hybridized carbons (Fsp3) is 0.353. The molecule has 0 spiro atoms. The van der Waals surface area contributed by atoms with E-state index < -0.39 is 6.04 Å². The lowest BCUT2D eigenvalue weighted by Gasteiger charge is -2.35. The molecule has 4 rings (SSSR count). The first-order valence-electron chi connectivity index (χ1n) is 8.38. The van der Waals surface area contributed by atoms with E-state index in [1.165, 1.54) is 0 Å². The molecule has 0 fully saturated rings. The smallest absolute Gasteiger partial charge is 0.244 e. The van der Waals surface area contributed by atoms with Crippen LogP contribution in [0.5, 0.6) is 0 Å². The van der Waals surface area contributed by atoms with Crippen LogP contribution in [0.2, 0.25) is 0 Å². The third kappa shape index (κ3) is 2.61. The molecule has 0 aliphatic carbocycles. The average Bonchev–Trinajstić information content (AvgIpc) is 3.24. The zero-order valence-electron chi connectivity index (χ0n) is 14.6. The van der Waals surface area contributed by atoms with Crippen LogP contribution in [0.4, 0.5) is 0 Å². The largest absolute Gasteiger partial charge is 0.357 e. The summed E-state index contributed by atoms with van der Waals surface area (Å²) in [6.07, 6.45) is 1.65. The number of rotatable bonds is 3. The number of para-hydroxylation sites is 2. The van der Waals surface area contributed by atoms with Crippen LogP contribution in [0, 0.1) is 6.92 Å². The fourth-order valence-corrected chi connectivity index (χ4v) is 3.34. The second kappa shape index (κ2) is 6.25. The molecule has 26 heavy (non-hydrogen) atoms. The van der Waals surface area contributed by atoms with Crippen molar-refractivity contribution in [2.24, 2.45) is 0 Å². The minimum atomic E-state index is -0.593. The van der Waals surface area contributed by atoms with Crippen molar-refractivity contribution in [1.29, 1.82) is 0 Å². The molecular formula is C17H19N7O2. The van der Waals surface area contributed by atoms with Crippen molar-refractivity contribution in [3.63, 3.8) is 0 Å². The summed E-state index contributed by atoms with van der Waals surface area (Å²) in [7, 11) is 1.57. The molecule has 3 aromatic rings. The fourth-order valence-electron chi connectivity index (χ4n) is 3.34. The van der Waals surface area contributed by atoms with Crippen molar-refractivity contribution in [1.82, 2.24) is 34.5 Å². The number of likely N-dealkylation sites (N-methyl/N-ethyl adjacent to an activating group) is 1. The van der Waals surface area contributed by atoms with E-state index in [-0.39, 0.29) is 24.9 Å². The first-order valence-corrected chi connectivity index (χ1v) is 8.38. The standard InChI is InChI=1S/C17H19N7O2/c1-11-20-21-15-8-24(14(7-23(11)15)17(26)18-2)16(25)9-22-10-19-12-5-3-4-6-13(12)22/h3-6,10,14H,7-9H2,1-2H3,(H,18,26). The lowest BCUT2D eigenvalue weighted by Crippen LogP contribution is -2.54. The lowest BCUT2D eigenvalue weighted by atomic mass is 10.1. The summed E-state index contributed by atoms with van der Waals surface area (Å²) in [5.41, 5.74) is 1.71. The Balaban J connectivity index is 1.63. The molecule has 9 nitrogen and oxygen atoms in total. The van der Waals surface area contributed by atoms with Gasteiger partial charge in [0.05, 0.1) is 30.5 Å². The van der Waals surface area contributed by atoms with Gasteiger partial charge in [0.25, 0.3) is 0 Å². The van der Waals surface area contributed by atoms with Gasteiger partial charge in [0, 0.05) is 7.05 Å². The molecule has 0 saturated carbocycles. The molecule has 0 bridgehead atoms. The summed E-state index contributed by atoms with van der Waals surface area (Å²) in [5, 5.41) is 10.8. The Labute approximate surface area is 149 Å². The van der Waals surface area contributed by atoms with Crippen LogP contribution in [-0.4, -0.2) is 54.1 Å². The quantitative estimate of drug-likeness (QED) is 0.720. The number of aryl methyl sites for hydroxylation is 1. The molecule has 1 aliphatic rings. The van der Waals surface area contributed by atoms with E-state index in [0.29, 0.717) is 12.4 Å². The van der Waals surface area contributed by atoms with Crippen LogP contribution in [0.1, 0.15) is 11.6 Å². The Kier molecular flexibility index (Phi) is 3.90. The van der Waals surface area contributed by atoms with Crippen molar-refractivity contribution < 1.29 is 9.59 Å². The van der Waals surface area contributed by atoms with Gasteiger partial charge in [-0.05, 0) is 19.1 Å². The summed E-state index contributed by atoms with van der Waals surface area (Å²) in [6.45, 7) is 2.56. The number of imidazole rings is 1. The van der Waals surface area contributed by atoms with Gasteiger partial charge < -0.3 is 19.4 Å². The van der Waals surface area contributed by atoms with E-state index in [1.807, 2.05) is 35.8 Å². The number of carbonyl (C=O) groups is 2. The molecule has 2 aromatic heterocycles. The van der Waals surface area contributed by atoms with Crippen molar-refractivity contribution in [3.8, 4) is 0 Å². The maximum atomic E-state index is 13.0. The Morgan fingerprint density at radius 2 is 2.08 bits per heavy atom. The Bertz CT molecular complexity index is 990. The van der Waals surface area contributed by atoms with Gasteiger partial charge in [-0.15, -0.1) is 10.2 Å². The Hall–Kier alpha value is -3.23. The van der Waals surface area contributed by atoms with Gasteiger partial charge in [-0.1, -0.05) is 12.1 Å². The first kappa shape index (κ1) is 16.2. The van der Waals surface area contributed by atoms with Crippen LogP contribution in [0.3, 0.4) is 0 Å². The van der Waals surface area contributed by atoms with E-state index in [4.69, 9.17) is 0 Å². The molecular weight excluding hydrogens is 334 g/mol. The van der Waals surface area contributed by atoms with Crippen molar-refractivity contribution in [2.75, 3.05) is 7.05 Å². The molecule has 3 heterocycles. The van der Waals surface area contributed by atoms with E-state index in [0.717, 1.165) is 16.9 Å². The average molecular weight is 353 g/mol. The highest BCUT2D eigenvalue weighted by Crippen LogP contribution is 2.19. The number of fused-ring (bicyclic) bond motifs is 2. The zero-order valence-corrected chi connectivity index (χ0v) is 14.6. The number of nitrogens with one attached hydrogen (secondary N) is 1. The monoisotopic (exact) mass is 353 g/mol. The van der Waals surface area contributed by atoms with Gasteiger partial charge in [-0.2, -0.15) is 0 Å². The molecule has 2 amide bonds. The molecule has 9 heteroatoms. The topological polar surface area (TPSA) is 97.9 Å². The van der Waals surface area contributed by atoms with Gasteiger partial charge in [-0.3, -0.25) is 9.59 Å². The summed E-state index contributed by atoms with van der Waals surface area (Å²) >= 11 is 0. The summed E-state index contributed by atoms with van der Waals surface area (Å²) in [4.78, 5) is 31.2. The van der Waals surface area contributed by atoms with E-state index in [9.17, 15) is 9.59 Å². The lowest BCUT2D eigenvalue weighted by molar-refractivity contribution is -0.143. The normalized spacial score (nSPS) is 16.5. The maximum absolute atomic E-state index is 13.0. The van der Waals surface area contributed by atoms with Crippen molar-refractivity contribution in [3.05, 3.63) is 42.2 Å². The number of carbonyl (C=O) groups excluding carboxylic acids is 2. The molecule has 134 valence electrons. The van der Waals surface area contributed by atoms with Gasteiger partial charge >= 0.3 is 0 Å². The third-order valence-electron chi connectivity index (χ3n) is 4.76. The van der Waals surface area contributed by atoms with Crippen LogP contribution in [-0.2, 0) is 29.2 Å². The SMILES string of the molecule is CNC(=O)C1Cn2c(C)nnc2CN1C(=O)Cn1cnc2ccccc21. The number of nitrogens with zero attached hydrogens (tertiary/aromatic N) is 6. The summed E-state index contributed by atoms with van der Waals surface area (Å²) in [6, 6.07) is 7.04. The van der Waals surface area contributed by atoms with Crippen LogP contribution >= 0.6 is 0 Å². The number of hydrogen-bond acceptors (Lipinski definition) is 5. The highest BCUT2D eigenvalue weighted by Gasteiger charge is 2.36. The first-order chi connectivity index (χ1) is 12.6. The number of hydrogen-bond donors (Lipinski definition) is 1. The van der Waals surface area contributed by atoms with E-state index >= 15 is 0 Å².